The minimum atomic E-state index is -2.78. The summed E-state index contributed by atoms with van der Waals surface area (Å²) >= 11 is 0. The van der Waals surface area contributed by atoms with Crippen LogP contribution in [0.1, 0.15) is 43.3 Å². The van der Waals surface area contributed by atoms with Gasteiger partial charge in [-0.2, -0.15) is 0 Å². The predicted molar refractivity (Wildman–Crippen MR) is 126 cm³/mol. The highest BCUT2D eigenvalue weighted by Gasteiger charge is 2.18. The van der Waals surface area contributed by atoms with Gasteiger partial charge in [0.1, 0.15) is 28.2 Å². The zero-order valence-corrected chi connectivity index (χ0v) is 18.2. The maximum absolute atomic E-state index is 12.9. The molecule has 0 unspecified atom stereocenters. The van der Waals surface area contributed by atoms with Crippen molar-refractivity contribution in [2.75, 3.05) is 7.04 Å². The van der Waals surface area contributed by atoms with Gasteiger partial charge in [-0.05, 0) is 58.2 Å². The first kappa shape index (κ1) is 19.0. The molecule has 3 aromatic rings. The number of fused-ring (bicyclic) bond motifs is 1. The van der Waals surface area contributed by atoms with Gasteiger partial charge in [0.05, 0.1) is 11.2 Å². The van der Waals surface area contributed by atoms with E-state index in [0.29, 0.717) is 0 Å². The third-order valence-electron chi connectivity index (χ3n) is 5.17. The Bertz CT molecular complexity index is 1360. The van der Waals surface area contributed by atoms with Crippen LogP contribution in [-0.4, -0.2) is 22.4 Å². The van der Waals surface area contributed by atoms with Gasteiger partial charge in [-0.3, -0.25) is 4.79 Å². The summed E-state index contributed by atoms with van der Waals surface area (Å²) in [6.07, 6.45) is 6.01. The van der Waals surface area contributed by atoms with Crippen LogP contribution in [0.15, 0.2) is 62.8 Å². The van der Waals surface area contributed by atoms with Gasteiger partial charge in [0.2, 0.25) is 0 Å². The first-order valence-electron chi connectivity index (χ1n) is 11.7. The topological polar surface area (TPSA) is 100 Å². The molecule has 0 aliphatic rings. The Hall–Kier alpha value is -3.67. The largest absolute Gasteiger partial charge is 0.507 e. The van der Waals surface area contributed by atoms with Crippen LogP contribution >= 0.6 is 0 Å². The van der Waals surface area contributed by atoms with E-state index in [0.717, 1.165) is 24.5 Å². The van der Waals surface area contributed by atoms with Crippen LogP contribution < -0.4 is 10.2 Å². The Kier molecular flexibility index (Phi) is 5.74. The Balaban J connectivity index is 1.98. The van der Waals surface area contributed by atoms with Crippen molar-refractivity contribution in [1.82, 2.24) is 0 Å². The molecule has 0 bridgehead atoms. The van der Waals surface area contributed by atoms with Gasteiger partial charge in [-0.15, -0.1) is 0 Å². The highest BCUT2D eigenvalue weighted by atomic mass is 16.5. The Morgan fingerprint density at radius 2 is 1.88 bits per heavy atom. The summed E-state index contributed by atoms with van der Waals surface area (Å²) in [7, 11) is -2.78. The number of aromatic hydroxyl groups is 3. The highest BCUT2D eigenvalue weighted by Crippen LogP contribution is 2.37. The number of hydrogen-bond donors (Lipinski definition) is 3. The molecule has 168 valence electrons. The maximum atomic E-state index is 12.9. The normalized spacial score (nSPS) is 13.3. The van der Waals surface area contributed by atoms with Crippen molar-refractivity contribution in [3.8, 4) is 34.3 Å². The van der Waals surface area contributed by atoms with Crippen molar-refractivity contribution in [2.45, 2.75) is 40.0 Å². The smallest absolute Gasteiger partial charge is 0.197 e. The summed E-state index contributed by atoms with van der Waals surface area (Å²) in [6.45, 7) is 6.04. The van der Waals surface area contributed by atoms with Gasteiger partial charge in [-0.1, -0.05) is 23.3 Å². The first-order valence-corrected chi connectivity index (χ1v) is 10.2. The Labute approximate surface area is 190 Å². The summed E-state index contributed by atoms with van der Waals surface area (Å²) in [5, 5.41) is 31.1. The summed E-state index contributed by atoms with van der Waals surface area (Å²) in [4.78, 5) is 12.9. The van der Waals surface area contributed by atoms with Crippen molar-refractivity contribution in [1.29, 1.82) is 0 Å². The number of rotatable bonds is 7. The molecule has 1 heterocycles. The molecule has 0 atom stereocenters. The minimum absolute atomic E-state index is 0.0399. The van der Waals surface area contributed by atoms with Crippen LogP contribution in [0.5, 0.6) is 23.0 Å². The average molecular weight is 440 g/mol. The quantitative estimate of drug-likeness (QED) is 0.401. The number of benzene rings is 2. The minimum Gasteiger partial charge on any atom is -0.507 e. The number of hydrogen-bond acceptors (Lipinski definition) is 6. The molecule has 0 saturated heterocycles. The standard InChI is InChI=1S/C26H28O6/c1-15(2)6-5-7-16(3)8-10-18-20(28)13-24-25(26(18)30)21(29)14-22(32-24)17-9-11-19(27)23(12-17)31-4/h6,8-9,11-14,27-28,30H,5,7,10H2,1-4H3/b16-8+/i4D3. The number of allylic oxidation sites excluding steroid dienone is 4. The van der Waals surface area contributed by atoms with E-state index in [4.69, 9.17) is 13.3 Å². The molecule has 1 aromatic heterocycles. The first-order chi connectivity index (χ1) is 16.4. The summed E-state index contributed by atoms with van der Waals surface area (Å²) in [5.74, 6) is -1.24. The van der Waals surface area contributed by atoms with Gasteiger partial charge in [0.15, 0.2) is 16.9 Å². The van der Waals surface area contributed by atoms with Crippen molar-refractivity contribution < 1.29 is 28.6 Å². The molecule has 6 nitrogen and oxygen atoms in total. The van der Waals surface area contributed by atoms with Gasteiger partial charge in [-0.25, -0.2) is 0 Å². The molecule has 32 heavy (non-hydrogen) atoms. The van der Waals surface area contributed by atoms with Crippen molar-refractivity contribution >= 4 is 11.0 Å². The van der Waals surface area contributed by atoms with Crippen molar-refractivity contribution in [3.05, 3.63) is 69.4 Å². The second-order valence-electron chi connectivity index (χ2n) is 7.93. The summed E-state index contributed by atoms with van der Waals surface area (Å²) < 4.78 is 32.2. The molecule has 0 fully saturated rings. The average Bonchev–Trinajstić information content (AvgIpc) is 2.73. The van der Waals surface area contributed by atoms with Crippen LogP contribution in [-0.2, 0) is 6.42 Å². The molecular weight excluding hydrogens is 408 g/mol. The molecule has 0 amide bonds. The van der Waals surface area contributed by atoms with E-state index in [2.05, 4.69) is 6.08 Å². The van der Waals surface area contributed by atoms with Crippen LogP contribution in [0.25, 0.3) is 22.3 Å². The predicted octanol–water partition coefficient (Wildman–Crippen LogP) is 5.82. The van der Waals surface area contributed by atoms with E-state index in [1.807, 2.05) is 26.8 Å². The second-order valence-corrected chi connectivity index (χ2v) is 7.93. The lowest BCUT2D eigenvalue weighted by Crippen LogP contribution is -2.02. The molecule has 2 aromatic carbocycles. The molecule has 3 rings (SSSR count). The molecule has 6 heteroatoms. The van der Waals surface area contributed by atoms with E-state index >= 15 is 0 Å². The zero-order valence-electron chi connectivity index (χ0n) is 21.2. The third-order valence-corrected chi connectivity index (χ3v) is 5.17. The maximum Gasteiger partial charge on any atom is 0.197 e. The van der Waals surface area contributed by atoms with E-state index in [9.17, 15) is 20.1 Å². The van der Waals surface area contributed by atoms with Crippen molar-refractivity contribution in [2.24, 2.45) is 0 Å². The van der Waals surface area contributed by atoms with E-state index in [1.54, 1.807) is 0 Å². The Morgan fingerprint density at radius 3 is 2.59 bits per heavy atom. The van der Waals surface area contributed by atoms with Crippen LogP contribution in [0, 0.1) is 0 Å². The molecule has 3 N–H and O–H groups in total. The number of phenolic OH excluding ortho intramolecular Hbond substituents is 3. The van der Waals surface area contributed by atoms with E-state index in [-0.39, 0.29) is 51.5 Å². The molecule has 0 spiro atoms. The van der Waals surface area contributed by atoms with Gasteiger partial charge in [0.25, 0.3) is 0 Å². The summed E-state index contributed by atoms with van der Waals surface area (Å²) in [5.41, 5.74) is 2.22. The lowest BCUT2D eigenvalue weighted by atomic mass is 10.0. The fraction of sp³-hybridized carbons (Fsp3) is 0.269. The lowest BCUT2D eigenvalue weighted by Gasteiger charge is -2.11. The molecule has 0 aliphatic heterocycles. The number of phenols is 3. The van der Waals surface area contributed by atoms with E-state index < -0.39 is 18.2 Å². The number of ether oxygens (including phenoxy) is 1. The van der Waals surface area contributed by atoms with Gasteiger partial charge in [0, 0.05) is 23.3 Å². The fourth-order valence-electron chi connectivity index (χ4n) is 3.39. The lowest BCUT2D eigenvalue weighted by molar-refractivity contribution is 0.373. The fourth-order valence-corrected chi connectivity index (χ4v) is 3.39. The third kappa shape index (κ3) is 4.97. The van der Waals surface area contributed by atoms with Crippen LogP contribution in [0.3, 0.4) is 0 Å². The summed E-state index contributed by atoms with van der Waals surface area (Å²) in [6, 6.07) is 6.27. The monoisotopic (exact) mass is 439 g/mol. The number of methoxy groups -OCH3 is 1. The van der Waals surface area contributed by atoms with Crippen LogP contribution in [0.4, 0.5) is 0 Å². The van der Waals surface area contributed by atoms with Gasteiger partial charge < -0.3 is 24.5 Å². The zero-order chi connectivity index (χ0) is 25.9. The Morgan fingerprint density at radius 1 is 1.09 bits per heavy atom. The van der Waals surface area contributed by atoms with Gasteiger partial charge >= 0.3 is 0 Å². The highest BCUT2D eigenvalue weighted by molar-refractivity contribution is 5.88. The van der Waals surface area contributed by atoms with Crippen molar-refractivity contribution in [3.63, 3.8) is 0 Å². The SMILES string of the molecule is [2H]C([2H])([2H])Oc1cc(-c2cc(=O)c3c(O)c(C/C=C(\C)CCC=C(C)C)c(O)cc3o2)ccc1O. The molecule has 0 radical (unpaired) electrons. The molecule has 0 saturated carbocycles. The van der Waals surface area contributed by atoms with Crippen LogP contribution in [0.2, 0.25) is 0 Å². The van der Waals surface area contributed by atoms with E-state index in [1.165, 1.54) is 29.8 Å². The second kappa shape index (κ2) is 9.64. The molecule has 0 aliphatic carbocycles. The molecular formula is C26H28O6.